The minimum atomic E-state index is -0.0212. The van der Waals surface area contributed by atoms with Crippen LogP contribution < -0.4 is 0 Å². The van der Waals surface area contributed by atoms with E-state index in [1.807, 2.05) is 0 Å². The maximum atomic E-state index is 12.0. The molecule has 2 rings (SSSR count). The van der Waals surface area contributed by atoms with E-state index in [1.54, 1.807) is 0 Å². The highest BCUT2D eigenvalue weighted by atomic mass is 16.2. The molecule has 0 N–H and O–H groups in total. The van der Waals surface area contributed by atoms with Gasteiger partial charge in [0.15, 0.2) is 0 Å². The summed E-state index contributed by atoms with van der Waals surface area (Å²) < 4.78 is 0. The Labute approximate surface area is 96.2 Å². The van der Waals surface area contributed by atoms with Gasteiger partial charge in [-0.2, -0.15) is 0 Å². The monoisotopic (exact) mass is 219 g/mol. The van der Waals surface area contributed by atoms with Crippen molar-refractivity contribution in [3.8, 4) is 12.3 Å². The molecule has 3 heteroatoms. The summed E-state index contributed by atoms with van der Waals surface area (Å²) >= 11 is 0. The fourth-order valence-electron chi connectivity index (χ4n) is 2.79. The number of carbonyl (C=O) groups excluding carboxylic acids is 2. The van der Waals surface area contributed by atoms with E-state index >= 15 is 0 Å². The molecule has 3 nitrogen and oxygen atoms in total. The smallest absolute Gasteiger partial charge is 0.233 e. The second kappa shape index (κ2) is 4.69. The molecule has 0 bridgehead atoms. The average molecular weight is 219 g/mol. The van der Waals surface area contributed by atoms with Crippen molar-refractivity contribution in [2.45, 2.75) is 38.5 Å². The molecule has 0 aromatic rings. The summed E-state index contributed by atoms with van der Waals surface area (Å²) in [6.07, 6.45) is 10.5. The van der Waals surface area contributed by atoms with Crippen LogP contribution in [0.15, 0.2) is 0 Å². The first-order chi connectivity index (χ1) is 7.75. The van der Waals surface area contributed by atoms with Gasteiger partial charge < -0.3 is 0 Å². The van der Waals surface area contributed by atoms with Crippen molar-refractivity contribution in [3.05, 3.63) is 0 Å². The summed E-state index contributed by atoms with van der Waals surface area (Å²) in [4.78, 5) is 25.4. The molecule has 2 aliphatic rings. The third-order valence-corrected chi connectivity index (χ3v) is 3.64. The number of carbonyl (C=O) groups is 2. The van der Waals surface area contributed by atoms with Crippen LogP contribution in [0.4, 0.5) is 0 Å². The third kappa shape index (κ3) is 1.84. The van der Waals surface area contributed by atoms with Crippen molar-refractivity contribution in [2.75, 3.05) is 6.54 Å². The quantitative estimate of drug-likeness (QED) is 0.410. The third-order valence-electron chi connectivity index (χ3n) is 3.64. The molecule has 2 atom stereocenters. The van der Waals surface area contributed by atoms with Crippen LogP contribution in [0.3, 0.4) is 0 Å². The van der Waals surface area contributed by atoms with Crippen LogP contribution in [0.5, 0.6) is 0 Å². The van der Waals surface area contributed by atoms with E-state index in [9.17, 15) is 9.59 Å². The Morgan fingerprint density at radius 3 is 2.25 bits per heavy atom. The summed E-state index contributed by atoms with van der Waals surface area (Å²) in [5, 5.41) is 0. The van der Waals surface area contributed by atoms with Gasteiger partial charge in [-0.15, -0.1) is 12.3 Å². The van der Waals surface area contributed by atoms with E-state index < -0.39 is 0 Å². The number of likely N-dealkylation sites (tertiary alicyclic amines) is 1. The van der Waals surface area contributed by atoms with Crippen LogP contribution in [0.25, 0.3) is 0 Å². The molecule has 86 valence electrons. The highest BCUT2D eigenvalue weighted by Crippen LogP contribution is 2.37. The van der Waals surface area contributed by atoms with Gasteiger partial charge in [-0.05, 0) is 19.3 Å². The zero-order valence-corrected chi connectivity index (χ0v) is 9.45. The number of hydrogen-bond donors (Lipinski definition) is 0. The summed E-state index contributed by atoms with van der Waals surface area (Å²) in [7, 11) is 0. The Morgan fingerprint density at radius 1 is 1.19 bits per heavy atom. The molecule has 1 heterocycles. The SMILES string of the molecule is C#CCCCN1C(=O)C2CCCCC2C1=O. The number of hydrogen-bond acceptors (Lipinski definition) is 2. The van der Waals surface area contributed by atoms with Gasteiger partial charge in [0, 0.05) is 13.0 Å². The maximum absolute atomic E-state index is 12.0. The lowest BCUT2D eigenvalue weighted by atomic mass is 9.81. The number of unbranched alkanes of at least 4 members (excludes halogenated alkanes) is 1. The number of rotatable bonds is 3. The lowest BCUT2D eigenvalue weighted by Gasteiger charge is -2.19. The van der Waals surface area contributed by atoms with E-state index in [4.69, 9.17) is 6.42 Å². The first-order valence-electron chi connectivity index (χ1n) is 6.04. The predicted molar refractivity (Wildman–Crippen MR) is 60.2 cm³/mol. The van der Waals surface area contributed by atoms with E-state index in [0.717, 1.165) is 32.1 Å². The Morgan fingerprint density at radius 2 is 1.75 bits per heavy atom. The number of amides is 2. The number of fused-ring (bicyclic) bond motifs is 1. The van der Waals surface area contributed by atoms with Crippen molar-refractivity contribution < 1.29 is 9.59 Å². The normalized spacial score (nSPS) is 29.1. The van der Waals surface area contributed by atoms with Crippen molar-refractivity contribution in [2.24, 2.45) is 11.8 Å². The molecule has 1 saturated carbocycles. The van der Waals surface area contributed by atoms with Gasteiger partial charge in [-0.25, -0.2) is 0 Å². The summed E-state index contributed by atoms with van der Waals surface area (Å²) in [5.41, 5.74) is 0. The number of nitrogens with zero attached hydrogens (tertiary/aromatic N) is 1. The fourth-order valence-corrected chi connectivity index (χ4v) is 2.79. The standard InChI is InChI=1S/C13H17NO2/c1-2-3-6-9-14-12(15)10-7-4-5-8-11(10)13(14)16/h1,10-11H,3-9H2. The molecule has 0 radical (unpaired) electrons. The Kier molecular flexibility index (Phi) is 3.28. The van der Waals surface area contributed by atoms with Crippen LogP contribution in [-0.4, -0.2) is 23.3 Å². The lowest BCUT2D eigenvalue weighted by molar-refractivity contribution is -0.139. The van der Waals surface area contributed by atoms with Crippen LogP contribution in [0.2, 0.25) is 0 Å². The van der Waals surface area contributed by atoms with E-state index in [1.165, 1.54) is 4.90 Å². The molecule has 0 aromatic carbocycles. The molecule has 0 aromatic heterocycles. The maximum Gasteiger partial charge on any atom is 0.233 e. The summed E-state index contributed by atoms with van der Waals surface area (Å²) in [6.45, 7) is 0.509. The van der Waals surface area contributed by atoms with Crippen molar-refractivity contribution in [1.29, 1.82) is 0 Å². The van der Waals surface area contributed by atoms with E-state index in [-0.39, 0.29) is 23.7 Å². The van der Waals surface area contributed by atoms with Crippen molar-refractivity contribution in [1.82, 2.24) is 4.90 Å². The second-order valence-corrected chi connectivity index (χ2v) is 4.63. The van der Waals surface area contributed by atoms with Gasteiger partial charge in [0.2, 0.25) is 11.8 Å². The molecule has 2 fully saturated rings. The highest BCUT2D eigenvalue weighted by Gasteiger charge is 2.47. The Bertz CT molecular complexity index is 318. The van der Waals surface area contributed by atoms with Crippen LogP contribution in [0, 0.1) is 24.2 Å². The van der Waals surface area contributed by atoms with Crippen LogP contribution >= 0.6 is 0 Å². The first-order valence-corrected chi connectivity index (χ1v) is 6.04. The molecule has 1 aliphatic carbocycles. The zero-order chi connectivity index (χ0) is 11.5. The van der Waals surface area contributed by atoms with Crippen molar-refractivity contribution in [3.63, 3.8) is 0 Å². The van der Waals surface area contributed by atoms with Crippen molar-refractivity contribution >= 4 is 11.8 Å². The van der Waals surface area contributed by atoms with Gasteiger partial charge in [-0.1, -0.05) is 12.8 Å². The van der Waals surface area contributed by atoms with Gasteiger partial charge in [0.05, 0.1) is 11.8 Å². The summed E-state index contributed by atoms with van der Waals surface area (Å²) in [6, 6.07) is 0. The fraction of sp³-hybridized carbons (Fsp3) is 0.692. The van der Waals surface area contributed by atoms with Gasteiger partial charge in [0.1, 0.15) is 0 Å². The highest BCUT2D eigenvalue weighted by molar-refractivity contribution is 6.05. The lowest BCUT2D eigenvalue weighted by Crippen LogP contribution is -2.31. The number of imide groups is 1. The van der Waals surface area contributed by atoms with Gasteiger partial charge in [-0.3, -0.25) is 14.5 Å². The van der Waals surface area contributed by atoms with Gasteiger partial charge in [0.25, 0.3) is 0 Å². The first kappa shape index (κ1) is 11.2. The Balaban J connectivity index is 2.01. The molecule has 1 saturated heterocycles. The molecule has 0 spiro atoms. The molecular formula is C13H17NO2. The van der Waals surface area contributed by atoms with Gasteiger partial charge >= 0.3 is 0 Å². The molecule has 1 aliphatic heterocycles. The largest absolute Gasteiger partial charge is 0.282 e. The van der Waals surface area contributed by atoms with Crippen LogP contribution in [0.1, 0.15) is 38.5 Å². The predicted octanol–water partition coefficient (Wildman–Crippen LogP) is 1.57. The number of terminal acetylenes is 1. The summed E-state index contributed by atoms with van der Waals surface area (Å²) in [5.74, 6) is 2.59. The van der Waals surface area contributed by atoms with E-state index in [0.29, 0.717) is 13.0 Å². The minimum absolute atomic E-state index is 0.0212. The molecule has 2 unspecified atom stereocenters. The zero-order valence-electron chi connectivity index (χ0n) is 9.45. The molecule has 2 amide bonds. The topological polar surface area (TPSA) is 37.4 Å². The van der Waals surface area contributed by atoms with Crippen LogP contribution in [-0.2, 0) is 9.59 Å². The average Bonchev–Trinajstić information content (AvgIpc) is 2.55. The molecule has 16 heavy (non-hydrogen) atoms. The second-order valence-electron chi connectivity index (χ2n) is 4.63. The van der Waals surface area contributed by atoms with E-state index in [2.05, 4.69) is 5.92 Å². The minimum Gasteiger partial charge on any atom is -0.282 e. The Hall–Kier alpha value is -1.30. The molecular weight excluding hydrogens is 202 g/mol.